The molecular formula is C17H21N3O4. The third-order valence-electron chi connectivity index (χ3n) is 3.36. The summed E-state index contributed by atoms with van der Waals surface area (Å²) in [7, 11) is 1.61. The summed E-state index contributed by atoms with van der Waals surface area (Å²) in [5.74, 6) is 0.916. The van der Waals surface area contributed by atoms with E-state index in [1.54, 1.807) is 20.3 Å². The number of nitrogens with zero attached hydrogens (tertiary/aromatic N) is 1. The molecule has 0 spiro atoms. The van der Waals surface area contributed by atoms with Crippen LogP contribution < -0.4 is 15.4 Å². The second-order valence-electron chi connectivity index (χ2n) is 5.10. The predicted molar refractivity (Wildman–Crippen MR) is 88.5 cm³/mol. The zero-order valence-corrected chi connectivity index (χ0v) is 13.8. The van der Waals surface area contributed by atoms with E-state index in [0.29, 0.717) is 25.3 Å². The molecule has 0 saturated carbocycles. The van der Waals surface area contributed by atoms with Gasteiger partial charge >= 0.3 is 0 Å². The minimum atomic E-state index is -0.226. The van der Waals surface area contributed by atoms with Gasteiger partial charge in [-0.25, -0.2) is 4.98 Å². The van der Waals surface area contributed by atoms with Crippen molar-refractivity contribution in [2.75, 3.05) is 20.2 Å². The lowest BCUT2D eigenvalue weighted by Crippen LogP contribution is -2.37. The van der Waals surface area contributed by atoms with E-state index in [1.807, 2.05) is 24.3 Å². The zero-order valence-electron chi connectivity index (χ0n) is 13.8. The number of methoxy groups -OCH3 is 1. The molecule has 0 fully saturated rings. The maximum Gasteiger partial charge on any atom is 0.239 e. The normalized spacial score (nSPS) is 10.2. The van der Waals surface area contributed by atoms with Crippen molar-refractivity contribution in [1.82, 2.24) is 15.6 Å². The van der Waals surface area contributed by atoms with Gasteiger partial charge in [0.25, 0.3) is 0 Å². The van der Waals surface area contributed by atoms with E-state index >= 15 is 0 Å². The van der Waals surface area contributed by atoms with Crippen LogP contribution in [0.4, 0.5) is 0 Å². The molecule has 0 bridgehead atoms. The van der Waals surface area contributed by atoms with Gasteiger partial charge in [0, 0.05) is 24.9 Å². The van der Waals surface area contributed by atoms with E-state index in [9.17, 15) is 9.59 Å². The number of ether oxygens (including phenoxy) is 1. The number of carbonyl (C=O) groups excluding carboxylic acids is 2. The lowest BCUT2D eigenvalue weighted by molar-refractivity contribution is -0.125. The van der Waals surface area contributed by atoms with Gasteiger partial charge in [0.05, 0.1) is 19.3 Å². The van der Waals surface area contributed by atoms with Crippen LogP contribution in [-0.4, -0.2) is 37.0 Å². The van der Waals surface area contributed by atoms with Crippen LogP contribution in [0.5, 0.6) is 5.75 Å². The maximum absolute atomic E-state index is 11.6. The monoisotopic (exact) mass is 331 g/mol. The zero-order chi connectivity index (χ0) is 17.4. The van der Waals surface area contributed by atoms with Crippen LogP contribution >= 0.6 is 0 Å². The van der Waals surface area contributed by atoms with E-state index in [4.69, 9.17) is 9.15 Å². The highest BCUT2D eigenvalue weighted by atomic mass is 16.5. The first-order valence-electron chi connectivity index (χ1n) is 7.74. The molecule has 2 aromatic rings. The van der Waals surface area contributed by atoms with Gasteiger partial charge in [0.1, 0.15) is 12.0 Å². The Kier molecular flexibility index (Phi) is 6.36. The van der Waals surface area contributed by atoms with Crippen LogP contribution in [0.25, 0.3) is 11.5 Å². The van der Waals surface area contributed by atoms with E-state index in [2.05, 4.69) is 15.6 Å². The summed E-state index contributed by atoms with van der Waals surface area (Å²) in [5.41, 5.74) is 1.60. The highest BCUT2D eigenvalue weighted by Gasteiger charge is 2.08. The Hall–Kier alpha value is -2.83. The second kappa shape index (κ2) is 8.71. The largest absolute Gasteiger partial charge is 0.497 e. The maximum atomic E-state index is 11.6. The van der Waals surface area contributed by atoms with Crippen LogP contribution in [0.15, 0.2) is 34.9 Å². The smallest absolute Gasteiger partial charge is 0.239 e. The molecule has 1 aromatic carbocycles. The van der Waals surface area contributed by atoms with Crippen LogP contribution in [0, 0.1) is 0 Å². The van der Waals surface area contributed by atoms with Crippen LogP contribution in [-0.2, 0) is 16.0 Å². The molecule has 0 aliphatic heterocycles. The number of carbonyl (C=O) groups is 2. The Balaban J connectivity index is 1.79. The van der Waals surface area contributed by atoms with Crippen molar-refractivity contribution >= 4 is 11.8 Å². The number of aromatic nitrogens is 1. The fourth-order valence-corrected chi connectivity index (χ4v) is 1.98. The Morgan fingerprint density at radius 2 is 1.92 bits per heavy atom. The Morgan fingerprint density at radius 1 is 1.17 bits per heavy atom. The van der Waals surface area contributed by atoms with E-state index in [-0.39, 0.29) is 18.4 Å². The first-order valence-corrected chi connectivity index (χ1v) is 7.74. The number of hydrogen-bond donors (Lipinski definition) is 2. The molecule has 7 heteroatoms. The van der Waals surface area contributed by atoms with Crippen LogP contribution in [0.3, 0.4) is 0 Å². The molecule has 0 saturated heterocycles. The average molecular weight is 331 g/mol. The molecule has 128 valence electrons. The SMILES string of the molecule is CCC(=O)NCC(=O)NCCc1coc(-c2ccc(OC)cc2)n1. The minimum absolute atomic E-state index is 0.0113. The summed E-state index contributed by atoms with van der Waals surface area (Å²) >= 11 is 0. The summed E-state index contributed by atoms with van der Waals surface area (Å²) in [6.45, 7) is 2.15. The number of oxazole rings is 1. The van der Waals surface area contributed by atoms with E-state index < -0.39 is 0 Å². The van der Waals surface area contributed by atoms with Gasteiger partial charge in [-0.2, -0.15) is 0 Å². The average Bonchev–Trinajstić information content (AvgIpc) is 3.08. The number of hydrogen-bond acceptors (Lipinski definition) is 5. The molecule has 0 unspecified atom stereocenters. The number of nitrogens with one attached hydrogen (secondary N) is 2. The first kappa shape index (κ1) is 17.5. The van der Waals surface area contributed by atoms with Crippen molar-refractivity contribution in [2.24, 2.45) is 0 Å². The molecule has 2 amide bonds. The van der Waals surface area contributed by atoms with Crippen molar-refractivity contribution in [1.29, 1.82) is 0 Å². The summed E-state index contributed by atoms with van der Waals surface area (Å²) in [4.78, 5) is 27.0. The molecule has 0 atom stereocenters. The van der Waals surface area contributed by atoms with Crippen molar-refractivity contribution < 1.29 is 18.7 Å². The minimum Gasteiger partial charge on any atom is -0.497 e. The molecule has 1 heterocycles. The van der Waals surface area contributed by atoms with Crippen molar-refractivity contribution in [2.45, 2.75) is 19.8 Å². The summed E-state index contributed by atoms with van der Waals surface area (Å²) < 4.78 is 10.6. The Labute approximate surface area is 140 Å². The van der Waals surface area contributed by atoms with Crippen LogP contribution in [0.1, 0.15) is 19.0 Å². The van der Waals surface area contributed by atoms with E-state index in [1.165, 1.54) is 0 Å². The fraction of sp³-hybridized carbons (Fsp3) is 0.353. The first-order chi connectivity index (χ1) is 11.6. The summed E-state index contributed by atoms with van der Waals surface area (Å²) in [6, 6.07) is 7.41. The lowest BCUT2D eigenvalue weighted by atomic mass is 10.2. The third-order valence-corrected chi connectivity index (χ3v) is 3.36. The van der Waals surface area contributed by atoms with Crippen molar-refractivity contribution in [3.8, 4) is 17.2 Å². The highest BCUT2D eigenvalue weighted by molar-refractivity contribution is 5.84. The predicted octanol–water partition coefficient (Wildman–Crippen LogP) is 1.54. The molecule has 0 radical (unpaired) electrons. The standard InChI is InChI=1S/C17H21N3O4/c1-3-15(21)19-10-16(22)18-9-8-13-11-24-17(20-13)12-4-6-14(23-2)7-5-12/h4-7,11H,3,8-10H2,1-2H3,(H,18,22)(H,19,21). The van der Waals surface area contributed by atoms with Crippen molar-refractivity contribution in [3.05, 3.63) is 36.2 Å². The van der Waals surface area contributed by atoms with Crippen molar-refractivity contribution in [3.63, 3.8) is 0 Å². The fourth-order valence-electron chi connectivity index (χ4n) is 1.98. The van der Waals surface area contributed by atoms with Gasteiger partial charge in [0.2, 0.25) is 17.7 Å². The van der Waals surface area contributed by atoms with Crippen LogP contribution in [0.2, 0.25) is 0 Å². The van der Waals surface area contributed by atoms with Gasteiger partial charge in [-0.1, -0.05) is 6.92 Å². The number of rotatable bonds is 8. The molecule has 0 aliphatic carbocycles. The van der Waals surface area contributed by atoms with E-state index in [0.717, 1.165) is 17.0 Å². The summed E-state index contributed by atoms with van der Waals surface area (Å²) in [6.07, 6.45) is 2.48. The number of benzene rings is 1. The number of amides is 2. The molecule has 1 aromatic heterocycles. The van der Waals surface area contributed by atoms with Gasteiger partial charge in [-0.15, -0.1) is 0 Å². The molecular weight excluding hydrogens is 310 g/mol. The molecule has 7 nitrogen and oxygen atoms in total. The highest BCUT2D eigenvalue weighted by Crippen LogP contribution is 2.21. The van der Waals surface area contributed by atoms with Gasteiger partial charge in [-0.3, -0.25) is 9.59 Å². The Bertz CT molecular complexity index is 679. The molecule has 24 heavy (non-hydrogen) atoms. The van der Waals surface area contributed by atoms with Gasteiger partial charge in [-0.05, 0) is 24.3 Å². The quantitative estimate of drug-likeness (QED) is 0.765. The van der Waals surface area contributed by atoms with Gasteiger partial charge in [0.15, 0.2) is 0 Å². The molecule has 0 aliphatic rings. The summed E-state index contributed by atoms with van der Waals surface area (Å²) in [5, 5.41) is 5.24. The lowest BCUT2D eigenvalue weighted by Gasteiger charge is -2.04. The topological polar surface area (TPSA) is 93.5 Å². The Morgan fingerprint density at radius 3 is 2.58 bits per heavy atom. The molecule has 2 N–H and O–H groups in total. The van der Waals surface area contributed by atoms with Gasteiger partial charge < -0.3 is 19.8 Å². The molecule has 2 rings (SSSR count). The second-order valence-corrected chi connectivity index (χ2v) is 5.10. The third kappa shape index (κ3) is 5.12.